The molecule has 120 valence electrons. The van der Waals surface area contributed by atoms with Gasteiger partial charge in [-0.2, -0.15) is 11.8 Å². The Labute approximate surface area is 130 Å². The lowest BCUT2D eigenvalue weighted by atomic mass is 10.1. The molecule has 6 heteroatoms. The van der Waals surface area contributed by atoms with Crippen molar-refractivity contribution in [2.45, 2.75) is 62.2 Å². The smallest absolute Gasteiger partial charge is 0.323 e. The molecule has 2 amide bonds. The molecule has 2 fully saturated rings. The summed E-state index contributed by atoms with van der Waals surface area (Å²) in [5.74, 6) is -0.933. The predicted molar refractivity (Wildman–Crippen MR) is 84.7 cm³/mol. The number of aliphatic carboxylic acids is 1. The quantitative estimate of drug-likeness (QED) is 0.791. The Morgan fingerprint density at radius 1 is 1.24 bits per heavy atom. The molecule has 0 bridgehead atoms. The van der Waals surface area contributed by atoms with E-state index in [-0.39, 0.29) is 23.4 Å². The Bertz CT molecular complexity index is 377. The van der Waals surface area contributed by atoms with Crippen LogP contribution in [0.25, 0.3) is 0 Å². The van der Waals surface area contributed by atoms with E-state index in [1.807, 2.05) is 11.8 Å². The fourth-order valence-corrected chi connectivity index (χ4v) is 4.45. The molecule has 21 heavy (non-hydrogen) atoms. The van der Waals surface area contributed by atoms with Gasteiger partial charge >= 0.3 is 12.0 Å². The van der Waals surface area contributed by atoms with Gasteiger partial charge in [0.15, 0.2) is 0 Å². The van der Waals surface area contributed by atoms with E-state index in [1.165, 1.54) is 17.7 Å². The molecule has 0 aromatic heterocycles. The number of carboxylic acids is 1. The summed E-state index contributed by atoms with van der Waals surface area (Å²) in [5.41, 5.74) is 0. The van der Waals surface area contributed by atoms with Gasteiger partial charge in [-0.1, -0.05) is 25.7 Å². The average Bonchev–Trinajstić information content (AvgIpc) is 3.14. The van der Waals surface area contributed by atoms with Gasteiger partial charge in [-0.05, 0) is 31.9 Å². The van der Waals surface area contributed by atoms with E-state index >= 15 is 0 Å². The lowest BCUT2D eigenvalue weighted by molar-refractivity contribution is -0.138. The van der Waals surface area contributed by atoms with Crippen LogP contribution in [0.4, 0.5) is 4.79 Å². The number of rotatable bonds is 6. The first-order valence-electron chi connectivity index (χ1n) is 7.88. The fourth-order valence-electron chi connectivity index (χ4n) is 3.54. The number of carbonyl (C=O) groups is 2. The zero-order valence-corrected chi connectivity index (χ0v) is 13.6. The van der Waals surface area contributed by atoms with Gasteiger partial charge in [0.25, 0.3) is 0 Å². The highest BCUT2D eigenvalue weighted by Crippen LogP contribution is 2.39. The molecule has 0 aliphatic heterocycles. The van der Waals surface area contributed by atoms with Crippen LogP contribution in [0.3, 0.4) is 0 Å². The summed E-state index contributed by atoms with van der Waals surface area (Å²) in [4.78, 5) is 25.0. The maximum atomic E-state index is 12.4. The number of thioether (sulfide) groups is 1. The molecule has 2 saturated carbocycles. The van der Waals surface area contributed by atoms with Crippen LogP contribution in [0.5, 0.6) is 0 Å². The standard InChI is InChI=1S/C15H26N2O3S/c1-21-15(8-4-5-9-15)11-16-14(20)17(10-13(18)19)12-6-2-3-7-12/h12H,2-11H2,1H3,(H,16,20)(H,18,19). The molecule has 0 spiro atoms. The molecule has 0 atom stereocenters. The number of carboxylic acid groups (broad SMARTS) is 1. The van der Waals surface area contributed by atoms with Crippen molar-refractivity contribution in [2.75, 3.05) is 19.3 Å². The minimum absolute atomic E-state index is 0.0925. The zero-order valence-electron chi connectivity index (χ0n) is 12.8. The van der Waals surface area contributed by atoms with Crippen LogP contribution in [0.1, 0.15) is 51.4 Å². The Morgan fingerprint density at radius 3 is 2.38 bits per heavy atom. The monoisotopic (exact) mass is 314 g/mol. The molecule has 5 nitrogen and oxygen atoms in total. The van der Waals surface area contributed by atoms with E-state index in [1.54, 1.807) is 0 Å². The number of nitrogens with zero attached hydrogens (tertiary/aromatic N) is 1. The summed E-state index contributed by atoms with van der Waals surface area (Å²) in [6.07, 6.45) is 10.8. The first-order chi connectivity index (χ1) is 10.1. The number of amides is 2. The summed E-state index contributed by atoms with van der Waals surface area (Å²) in [5, 5.41) is 12.0. The molecule has 2 aliphatic carbocycles. The van der Waals surface area contributed by atoms with E-state index in [0.29, 0.717) is 6.54 Å². The zero-order chi connectivity index (χ0) is 15.3. The molecule has 0 radical (unpaired) electrons. The van der Waals surface area contributed by atoms with Crippen LogP contribution in [-0.4, -0.2) is 52.1 Å². The fraction of sp³-hybridized carbons (Fsp3) is 0.867. The lowest BCUT2D eigenvalue weighted by Gasteiger charge is -2.31. The molecular weight excluding hydrogens is 288 g/mol. The summed E-state index contributed by atoms with van der Waals surface area (Å²) in [6.45, 7) is 0.457. The number of hydrogen-bond donors (Lipinski definition) is 2. The summed E-state index contributed by atoms with van der Waals surface area (Å²) < 4.78 is 0.153. The summed E-state index contributed by atoms with van der Waals surface area (Å²) >= 11 is 1.83. The topological polar surface area (TPSA) is 69.6 Å². The van der Waals surface area contributed by atoms with Gasteiger partial charge in [-0.15, -0.1) is 0 Å². The van der Waals surface area contributed by atoms with Gasteiger partial charge in [0.05, 0.1) is 0 Å². The number of urea groups is 1. The number of carbonyl (C=O) groups excluding carboxylic acids is 1. The van der Waals surface area contributed by atoms with E-state index in [9.17, 15) is 9.59 Å². The van der Waals surface area contributed by atoms with Crippen LogP contribution in [0, 0.1) is 0 Å². The lowest BCUT2D eigenvalue weighted by Crippen LogP contribution is -2.50. The molecule has 2 N–H and O–H groups in total. The largest absolute Gasteiger partial charge is 0.480 e. The minimum atomic E-state index is -0.933. The van der Waals surface area contributed by atoms with Crippen molar-refractivity contribution in [1.29, 1.82) is 0 Å². The van der Waals surface area contributed by atoms with Gasteiger partial charge in [0.2, 0.25) is 0 Å². The molecule has 0 unspecified atom stereocenters. The SMILES string of the molecule is CSC1(CNC(=O)N(CC(=O)O)C2CCCC2)CCCC1. The van der Waals surface area contributed by atoms with Crippen LogP contribution >= 0.6 is 11.8 Å². The van der Waals surface area contributed by atoms with E-state index in [4.69, 9.17) is 5.11 Å². The Balaban J connectivity index is 1.92. The normalized spacial score (nSPS) is 21.4. The Morgan fingerprint density at radius 2 is 1.86 bits per heavy atom. The third kappa shape index (κ3) is 4.28. The minimum Gasteiger partial charge on any atom is -0.480 e. The van der Waals surface area contributed by atoms with Crippen LogP contribution in [-0.2, 0) is 4.79 Å². The maximum absolute atomic E-state index is 12.4. The van der Waals surface area contributed by atoms with E-state index < -0.39 is 5.97 Å². The van der Waals surface area contributed by atoms with Gasteiger partial charge in [0.1, 0.15) is 6.54 Å². The van der Waals surface area contributed by atoms with Gasteiger partial charge in [-0.25, -0.2) is 4.79 Å². The molecular formula is C15H26N2O3S. The first-order valence-corrected chi connectivity index (χ1v) is 9.10. The highest BCUT2D eigenvalue weighted by atomic mass is 32.2. The van der Waals surface area contributed by atoms with Crippen molar-refractivity contribution >= 4 is 23.8 Å². The second-order valence-corrected chi connectivity index (χ2v) is 7.49. The highest BCUT2D eigenvalue weighted by Gasteiger charge is 2.35. The van der Waals surface area contributed by atoms with Gasteiger partial charge < -0.3 is 15.3 Å². The number of hydrogen-bond acceptors (Lipinski definition) is 3. The molecule has 0 heterocycles. The average molecular weight is 314 g/mol. The molecule has 0 aromatic rings. The van der Waals surface area contributed by atoms with E-state index in [2.05, 4.69) is 11.6 Å². The van der Waals surface area contributed by atoms with Crippen molar-refractivity contribution in [2.24, 2.45) is 0 Å². The third-order valence-electron chi connectivity index (χ3n) is 4.84. The summed E-state index contributed by atoms with van der Waals surface area (Å²) in [7, 11) is 0. The Kier molecular flexibility index (Phi) is 5.79. The number of nitrogens with one attached hydrogen (secondary N) is 1. The van der Waals surface area contributed by atoms with Gasteiger partial charge in [-0.3, -0.25) is 4.79 Å². The second kappa shape index (κ2) is 7.38. The van der Waals surface area contributed by atoms with Crippen molar-refractivity contribution in [3.63, 3.8) is 0 Å². The third-order valence-corrected chi connectivity index (χ3v) is 6.26. The van der Waals surface area contributed by atoms with Crippen LogP contribution in [0.2, 0.25) is 0 Å². The molecule has 2 aliphatic rings. The maximum Gasteiger partial charge on any atom is 0.323 e. The highest BCUT2D eigenvalue weighted by molar-refractivity contribution is 8.00. The van der Waals surface area contributed by atoms with Crippen molar-refractivity contribution < 1.29 is 14.7 Å². The van der Waals surface area contributed by atoms with Gasteiger partial charge in [0, 0.05) is 17.3 Å². The predicted octanol–water partition coefficient (Wildman–Crippen LogP) is 2.70. The second-order valence-electron chi connectivity index (χ2n) is 6.21. The van der Waals surface area contributed by atoms with Crippen molar-refractivity contribution in [3.8, 4) is 0 Å². The van der Waals surface area contributed by atoms with Crippen LogP contribution < -0.4 is 5.32 Å². The molecule has 0 aromatic carbocycles. The summed E-state index contributed by atoms with van der Waals surface area (Å²) in [6, 6.07) is -0.112. The Hall–Kier alpha value is -0.910. The first kappa shape index (κ1) is 16.5. The van der Waals surface area contributed by atoms with Crippen molar-refractivity contribution in [1.82, 2.24) is 10.2 Å². The van der Waals surface area contributed by atoms with Crippen LogP contribution in [0.15, 0.2) is 0 Å². The molecule has 2 rings (SSSR count). The van der Waals surface area contributed by atoms with Crippen molar-refractivity contribution in [3.05, 3.63) is 0 Å². The molecule has 0 saturated heterocycles. The van der Waals surface area contributed by atoms with E-state index in [0.717, 1.165) is 38.5 Å².